The van der Waals surface area contributed by atoms with E-state index in [2.05, 4.69) is 36.2 Å². The SMILES string of the molecule is C=S(=O)(NC(=O)OCC)c1ccc(Nc2ncc(-c3cscn3)c(N[C@H](C)CO)n2)cc1. The summed E-state index contributed by atoms with van der Waals surface area (Å²) in [4.78, 5) is 25.1. The quantitative estimate of drug-likeness (QED) is 0.343. The maximum absolute atomic E-state index is 12.7. The molecule has 10 nitrogen and oxygen atoms in total. The van der Waals surface area contributed by atoms with Crippen molar-refractivity contribution >= 4 is 50.5 Å². The van der Waals surface area contributed by atoms with Gasteiger partial charge in [0, 0.05) is 28.2 Å². The molecule has 0 spiro atoms. The van der Waals surface area contributed by atoms with E-state index in [1.54, 1.807) is 42.9 Å². The molecule has 4 N–H and O–H groups in total. The lowest BCUT2D eigenvalue weighted by molar-refractivity contribution is 0.159. The van der Waals surface area contributed by atoms with Crippen LogP contribution in [0.3, 0.4) is 0 Å². The fraction of sp³-hybridized carbons (Fsp3) is 0.250. The molecular weight excluding hydrogens is 452 g/mol. The number of aliphatic hydroxyl groups excluding tert-OH is 1. The molecule has 0 saturated carbocycles. The summed E-state index contributed by atoms with van der Waals surface area (Å²) in [6.07, 6.45) is 0.859. The summed E-state index contributed by atoms with van der Waals surface area (Å²) < 4.78 is 19.7. The largest absolute Gasteiger partial charge is 0.449 e. The van der Waals surface area contributed by atoms with Crippen molar-refractivity contribution in [2.75, 3.05) is 23.8 Å². The van der Waals surface area contributed by atoms with Crippen LogP contribution in [0.1, 0.15) is 13.8 Å². The zero-order chi connectivity index (χ0) is 23.1. The van der Waals surface area contributed by atoms with Gasteiger partial charge in [-0.25, -0.2) is 23.7 Å². The number of nitrogens with zero attached hydrogens (tertiary/aromatic N) is 3. The minimum Gasteiger partial charge on any atom is -0.449 e. The highest BCUT2D eigenvalue weighted by molar-refractivity contribution is 7.99. The van der Waals surface area contributed by atoms with E-state index >= 15 is 0 Å². The summed E-state index contributed by atoms with van der Waals surface area (Å²) in [6, 6.07) is 6.30. The Morgan fingerprint density at radius 1 is 1.31 bits per heavy atom. The van der Waals surface area contributed by atoms with Crippen molar-refractivity contribution in [1.82, 2.24) is 19.7 Å². The number of nitrogens with one attached hydrogen (secondary N) is 3. The van der Waals surface area contributed by atoms with Gasteiger partial charge in [0.1, 0.15) is 5.82 Å². The van der Waals surface area contributed by atoms with E-state index in [1.807, 2.05) is 12.3 Å². The topological polar surface area (TPSA) is 138 Å². The van der Waals surface area contributed by atoms with E-state index in [0.29, 0.717) is 27.9 Å². The Kier molecular flexibility index (Phi) is 7.62. The van der Waals surface area contributed by atoms with E-state index in [9.17, 15) is 14.1 Å². The van der Waals surface area contributed by atoms with Crippen LogP contribution in [0, 0.1) is 0 Å². The van der Waals surface area contributed by atoms with Crippen molar-refractivity contribution in [1.29, 1.82) is 0 Å². The van der Waals surface area contributed by atoms with Gasteiger partial charge in [-0.15, -0.1) is 11.3 Å². The first-order valence-corrected chi connectivity index (χ1v) is 12.3. The van der Waals surface area contributed by atoms with Crippen LogP contribution in [0.4, 0.5) is 22.2 Å². The minimum absolute atomic E-state index is 0.0606. The standard InChI is InChI=1S/C20H24N6O4S2/c1-4-30-20(28)26-32(3,29)15-7-5-14(6-8-15)24-19-21-9-16(17-11-31-12-22-17)18(25-19)23-13(2)10-27/h5-9,11-13,27H,3-4,10H2,1-2H3,(H,26,28,29)(H2,21,23,24,25)/t13-,32?/m1/s1. The highest BCUT2D eigenvalue weighted by atomic mass is 32.2. The summed E-state index contributed by atoms with van der Waals surface area (Å²) in [5.74, 6) is 4.45. The molecule has 1 aromatic carbocycles. The lowest BCUT2D eigenvalue weighted by Crippen LogP contribution is -2.30. The van der Waals surface area contributed by atoms with Gasteiger partial charge >= 0.3 is 6.09 Å². The van der Waals surface area contributed by atoms with Crippen LogP contribution >= 0.6 is 11.3 Å². The number of hydrogen-bond acceptors (Lipinski definition) is 10. The second-order valence-corrected chi connectivity index (χ2v) is 9.45. The molecule has 2 heterocycles. The van der Waals surface area contributed by atoms with Crippen LogP contribution in [0.15, 0.2) is 46.2 Å². The van der Waals surface area contributed by atoms with E-state index < -0.39 is 15.8 Å². The molecule has 1 unspecified atom stereocenters. The number of carbonyl (C=O) groups is 1. The van der Waals surface area contributed by atoms with Crippen LogP contribution in [-0.2, 0) is 14.4 Å². The van der Waals surface area contributed by atoms with E-state index in [0.717, 1.165) is 5.69 Å². The fourth-order valence-electron chi connectivity index (χ4n) is 2.61. The van der Waals surface area contributed by atoms with E-state index in [1.165, 1.54) is 11.3 Å². The Morgan fingerprint density at radius 3 is 2.69 bits per heavy atom. The molecule has 3 aromatic rings. The van der Waals surface area contributed by atoms with Gasteiger partial charge in [0.2, 0.25) is 5.95 Å². The van der Waals surface area contributed by atoms with Gasteiger partial charge in [-0.05, 0) is 44.0 Å². The molecular formula is C20H24N6O4S2. The van der Waals surface area contributed by atoms with Crippen molar-refractivity contribution in [3.05, 3.63) is 41.4 Å². The molecule has 0 radical (unpaired) electrons. The predicted molar refractivity (Wildman–Crippen MR) is 127 cm³/mol. The number of carbonyl (C=O) groups excluding carboxylic acids is 1. The molecule has 0 fully saturated rings. The first kappa shape index (κ1) is 23.4. The number of aromatic nitrogens is 3. The number of rotatable bonds is 9. The van der Waals surface area contributed by atoms with E-state index in [4.69, 9.17) is 4.74 Å². The van der Waals surface area contributed by atoms with Gasteiger partial charge in [-0.3, -0.25) is 0 Å². The first-order valence-electron chi connectivity index (χ1n) is 9.64. The number of thiazole rings is 1. The monoisotopic (exact) mass is 476 g/mol. The van der Waals surface area contributed by atoms with Crippen LogP contribution in [-0.4, -0.2) is 55.5 Å². The maximum atomic E-state index is 12.7. The van der Waals surface area contributed by atoms with Crippen LogP contribution < -0.4 is 15.4 Å². The molecule has 32 heavy (non-hydrogen) atoms. The van der Waals surface area contributed by atoms with Crippen LogP contribution in [0.2, 0.25) is 0 Å². The molecule has 0 saturated heterocycles. The lowest BCUT2D eigenvalue weighted by atomic mass is 10.2. The second kappa shape index (κ2) is 10.4. The molecule has 2 atom stereocenters. The highest BCUT2D eigenvalue weighted by Gasteiger charge is 2.15. The molecule has 170 valence electrons. The van der Waals surface area contributed by atoms with Gasteiger partial charge in [-0.2, -0.15) is 4.98 Å². The highest BCUT2D eigenvalue weighted by Crippen LogP contribution is 2.28. The molecule has 3 rings (SSSR count). The summed E-state index contributed by atoms with van der Waals surface area (Å²) in [6.45, 7) is 3.59. The molecule has 0 bridgehead atoms. The number of hydrogen-bond donors (Lipinski definition) is 4. The van der Waals surface area contributed by atoms with Crippen molar-refractivity contribution in [3.8, 4) is 11.3 Å². The van der Waals surface area contributed by atoms with Crippen LogP contribution in [0.5, 0.6) is 0 Å². The third-order valence-electron chi connectivity index (χ3n) is 4.17. The smallest absolute Gasteiger partial charge is 0.418 e. The molecule has 1 amide bonds. The fourth-order valence-corrected chi connectivity index (χ4v) is 4.18. The van der Waals surface area contributed by atoms with Gasteiger partial charge < -0.3 is 20.5 Å². The van der Waals surface area contributed by atoms with Crippen molar-refractivity contribution < 1.29 is 18.8 Å². The summed E-state index contributed by atoms with van der Waals surface area (Å²) in [7, 11) is -3.05. The van der Waals surface area contributed by atoms with Gasteiger partial charge in [0.15, 0.2) is 0 Å². The van der Waals surface area contributed by atoms with Crippen molar-refractivity contribution in [2.45, 2.75) is 24.8 Å². The Bertz CT molecular complexity index is 1150. The number of ether oxygens (including phenoxy) is 1. The van der Waals surface area contributed by atoms with Gasteiger partial charge in [0.25, 0.3) is 0 Å². The lowest BCUT2D eigenvalue weighted by Gasteiger charge is -2.16. The third-order valence-corrected chi connectivity index (χ3v) is 6.29. The Balaban J connectivity index is 1.79. The predicted octanol–water partition coefficient (Wildman–Crippen LogP) is 2.87. The average Bonchev–Trinajstić information content (AvgIpc) is 3.28. The molecule has 0 aliphatic rings. The Hall–Kier alpha value is -3.22. The zero-order valence-corrected chi connectivity index (χ0v) is 19.2. The Morgan fingerprint density at radius 2 is 2.06 bits per heavy atom. The second-order valence-electron chi connectivity index (χ2n) is 6.70. The number of aliphatic hydroxyl groups is 1. The summed E-state index contributed by atoms with van der Waals surface area (Å²) >= 11 is 1.46. The zero-order valence-electron chi connectivity index (χ0n) is 17.6. The summed E-state index contributed by atoms with van der Waals surface area (Å²) in [5, 5.41) is 17.5. The van der Waals surface area contributed by atoms with Gasteiger partial charge in [-0.1, -0.05) is 0 Å². The molecule has 0 aliphatic carbocycles. The molecule has 12 heteroatoms. The molecule has 2 aromatic heterocycles. The van der Waals surface area contributed by atoms with Gasteiger partial charge in [0.05, 0.1) is 39.7 Å². The van der Waals surface area contributed by atoms with E-state index in [-0.39, 0.29) is 19.3 Å². The number of benzene rings is 1. The maximum Gasteiger partial charge on any atom is 0.418 e. The normalized spacial score (nSPS) is 13.6. The van der Waals surface area contributed by atoms with Crippen molar-refractivity contribution in [3.63, 3.8) is 0 Å². The first-order chi connectivity index (χ1) is 15.3. The average molecular weight is 477 g/mol. The van der Waals surface area contributed by atoms with Crippen LogP contribution in [0.25, 0.3) is 11.3 Å². The Labute approximate surface area is 190 Å². The minimum atomic E-state index is -3.05. The van der Waals surface area contributed by atoms with Crippen molar-refractivity contribution in [2.24, 2.45) is 0 Å². The number of anilines is 3. The third kappa shape index (κ3) is 5.93. The number of amides is 1. The summed E-state index contributed by atoms with van der Waals surface area (Å²) in [5.41, 5.74) is 3.81. The molecule has 0 aliphatic heterocycles.